The van der Waals surface area contributed by atoms with Crippen LogP contribution in [-0.2, 0) is 11.2 Å². The smallest absolute Gasteiger partial charge is 0.251 e. The fraction of sp³-hybridized carbons (Fsp3) is 0.300. The molecule has 2 aromatic carbocycles. The highest BCUT2D eigenvalue weighted by atomic mass is 16.2. The third-order valence-electron chi connectivity index (χ3n) is 3.75. The molecule has 0 radical (unpaired) electrons. The van der Waals surface area contributed by atoms with Crippen LogP contribution >= 0.6 is 0 Å². The number of carbonyl (C=O) groups is 2. The molecule has 0 spiro atoms. The second-order valence-corrected chi connectivity index (χ2v) is 5.90. The Hall–Kier alpha value is -2.62. The third kappa shape index (κ3) is 5.54. The minimum atomic E-state index is -0.247. The fourth-order valence-electron chi connectivity index (χ4n) is 2.39. The van der Waals surface area contributed by atoms with Crippen molar-refractivity contribution in [3.05, 3.63) is 65.2 Å². The Morgan fingerprint density at radius 2 is 1.79 bits per heavy atom. The molecule has 0 aliphatic carbocycles. The van der Waals surface area contributed by atoms with Gasteiger partial charge in [-0.2, -0.15) is 0 Å². The molecule has 0 saturated heterocycles. The van der Waals surface area contributed by atoms with Gasteiger partial charge in [-0.15, -0.1) is 0 Å². The van der Waals surface area contributed by atoms with Gasteiger partial charge in [-0.25, -0.2) is 0 Å². The monoisotopic (exact) mass is 324 g/mol. The van der Waals surface area contributed by atoms with Crippen LogP contribution in [0.3, 0.4) is 0 Å². The Kier molecular flexibility index (Phi) is 6.55. The van der Waals surface area contributed by atoms with E-state index in [1.54, 1.807) is 12.1 Å². The number of carbonyl (C=O) groups excluding carboxylic acids is 2. The van der Waals surface area contributed by atoms with E-state index in [9.17, 15) is 9.59 Å². The molecule has 2 aromatic rings. The van der Waals surface area contributed by atoms with Crippen LogP contribution in [0.5, 0.6) is 0 Å². The molecule has 2 amide bonds. The lowest BCUT2D eigenvalue weighted by Gasteiger charge is -2.08. The quantitative estimate of drug-likeness (QED) is 0.816. The number of rotatable bonds is 7. The van der Waals surface area contributed by atoms with Crippen molar-refractivity contribution in [2.75, 3.05) is 11.9 Å². The van der Waals surface area contributed by atoms with E-state index in [1.165, 1.54) is 12.0 Å². The highest BCUT2D eigenvalue weighted by Crippen LogP contribution is 2.11. The maximum atomic E-state index is 12.0. The van der Waals surface area contributed by atoms with Gasteiger partial charge in [0, 0.05) is 11.3 Å². The van der Waals surface area contributed by atoms with Gasteiger partial charge in [-0.1, -0.05) is 43.2 Å². The lowest BCUT2D eigenvalue weighted by atomic mass is 10.1. The molecule has 0 aromatic heterocycles. The Labute approximate surface area is 143 Å². The largest absolute Gasteiger partial charge is 0.343 e. The molecule has 0 heterocycles. The van der Waals surface area contributed by atoms with Crippen molar-refractivity contribution in [2.24, 2.45) is 0 Å². The van der Waals surface area contributed by atoms with Crippen molar-refractivity contribution in [2.45, 2.75) is 33.1 Å². The molecule has 0 unspecified atom stereocenters. The molecule has 0 bridgehead atoms. The van der Waals surface area contributed by atoms with Gasteiger partial charge >= 0.3 is 0 Å². The molecule has 2 rings (SSSR count). The first kappa shape index (κ1) is 17.7. The van der Waals surface area contributed by atoms with Crippen LogP contribution in [0, 0.1) is 6.92 Å². The average Bonchev–Trinajstić information content (AvgIpc) is 2.59. The van der Waals surface area contributed by atoms with E-state index in [4.69, 9.17) is 0 Å². The van der Waals surface area contributed by atoms with Gasteiger partial charge in [0.15, 0.2) is 0 Å². The summed E-state index contributed by atoms with van der Waals surface area (Å²) in [6.07, 6.45) is 3.38. The lowest BCUT2D eigenvalue weighted by molar-refractivity contribution is -0.115. The van der Waals surface area contributed by atoms with Crippen molar-refractivity contribution in [1.29, 1.82) is 0 Å². The number of nitrogens with one attached hydrogen (secondary N) is 2. The summed E-state index contributed by atoms with van der Waals surface area (Å²) in [5, 5.41) is 5.42. The molecule has 24 heavy (non-hydrogen) atoms. The lowest BCUT2D eigenvalue weighted by Crippen LogP contribution is -2.32. The molecule has 126 valence electrons. The van der Waals surface area contributed by atoms with Crippen molar-refractivity contribution >= 4 is 17.5 Å². The average molecular weight is 324 g/mol. The predicted molar refractivity (Wildman–Crippen MR) is 97.2 cm³/mol. The van der Waals surface area contributed by atoms with E-state index in [0.717, 1.165) is 24.1 Å². The molecule has 0 saturated carbocycles. The molecular weight excluding hydrogens is 300 g/mol. The molecule has 0 fully saturated rings. The number of benzene rings is 2. The molecule has 4 heteroatoms. The zero-order valence-electron chi connectivity index (χ0n) is 14.3. The first-order chi connectivity index (χ1) is 11.6. The fourth-order valence-corrected chi connectivity index (χ4v) is 2.39. The van der Waals surface area contributed by atoms with Gasteiger partial charge in [0.25, 0.3) is 5.91 Å². The predicted octanol–water partition coefficient (Wildman–Crippen LogP) is 3.71. The van der Waals surface area contributed by atoms with Crippen LogP contribution in [0.1, 0.15) is 41.3 Å². The van der Waals surface area contributed by atoms with Gasteiger partial charge in [-0.05, 0) is 49.6 Å². The third-order valence-corrected chi connectivity index (χ3v) is 3.75. The maximum Gasteiger partial charge on any atom is 0.251 e. The normalized spacial score (nSPS) is 10.2. The zero-order chi connectivity index (χ0) is 17.4. The first-order valence-electron chi connectivity index (χ1n) is 8.32. The summed E-state index contributed by atoms with van der Waals surface area (Å²) in [4.78, 5) is 24.0. The first-order valence-corrected chi connectivity index (χ1v) is 8.32. The van der Waals surface area contributed by atoms with Gasteiger partial charge < -0.3 is 10.6 Å². The van der Waals surface area contributed by atoms with Crippen LogP contribution in [-0.4, -0.2) is 18.4 Å². The SMILES string of the molecule is CCCCc1ccc(NC(=O)CNC(=O)c2cccc(C)c2)cc1. The summed E-state index contributed by atoms with van der Waals surface area (Å²) in [6.45, 7) is 4.04. The Balaban J connectivity index is 1.81. The molecule has 2 N–H and O–H groups in total. The number of aryl methyl sites for hydroxylation is 2. The minimum absolute atomic E-state index is 0.0512. The number of unbranched alkanes of at least 4 members (excludes halogenated alkanes) is 1. The van der Waals surface area contributed by atoms with Crippen molar-refractivity contribution in [1.82, 2.24) is 5.32 Å². The van der Waals surface area contributed by atoms with Gasteiger partial charge in [0.2, 0.25) is 5.91 Å². The second-order valence-electron chi connectivity index (χ2n) is 5.90. The number of amides is 2. The summed E-state index contributed by atoms with van der Waals surface area (Å²) in [7, 11) is 0. The van der Waals surface area contributed by atoms with Crippen LogP contribution in [0.25, 0.3) is 0 Å². The summed E-state index contributed by atoms with van der Waals surface area (Å²) in [5.41, 5.74) is 3.57. The van der Waals surface area contributed by atoms with Crippen molar-refractivity contribution < 1.29 is 9.59 Å². The summed E-state index contributed by atoms with van der Waals surface area (Å²) >= 11 is 0. The van der Waals surface area contributed by atoms with Crippen LogP contribution < -0.4 is 10.6 Å². The molecule has 0 aliphatic rings. The van der Waals surface area contributed by atoms with Crippen molar-refractivity contribution in [3.8, 4) is 0 Å². The summed E-state index contributed by atoms with van der Waals surface area (Å²) in [5.74, 6) is -0.485. The number of hydrogen-bond donors (Lipinski definition) is 2. The standard InChI is InChI=1S/C20H24N2O2/c1-3-4-7-16-9-11-18(12-10-16)22-19(23)14-21-20(24)17-8-5-6-15(2)13-17/h5-6,8-13H,3-4,7,14H2,1-2H3,(H,21,24)(H,22,23). The van der Waals surface area contributed by atoms with Gasteiger partial charge in [0.1, 0.15) is 0 Å². The van der Waals surface area contributed by atoms with E-state index in [2.05, 4.69) is 17.6 Å². The Morgan fingerprint density at radius 3 is 2.46 bits per heavy atom. The zero-order valence-corrected chi connectivity index (χ0v) is 14.3. The summed E-state index contributed by atoms with van der Waals surface area (Å²) in [6, 6.07) is 15.1. The van der Waals surface area contributed by atoms with Crippen molar-refractivity contribution in [3.63, 3.8) is 0 Å². The van der Waals surface area contributed by atoms with Gasteiger partial charge in [0.05, 0.1) is 6.54 Å². The minimum Gasteiger partial charge on any atom is -0.343 e. The van der Waals surface area contributed by atoms with Crippen LogP contribution in [0.15, 0.2) is 48.5 Å². The van der Waals surface area contributed by atoms with Crippen LogP contribution in [0.2, 0.25) is 0 Å². The number of anilines is 1. The second kappa shape index (κ2) is 8.87. The molecule has 0 aliphatic heterocycles. The summed E-state index contributed by atoms with van der Waals surface area (Å²) < 4.78 is 0. The van der Waals surface area contributed by atoms with Gasteiger partial charge in [-0.3, -0.25) is 9.59 Å². The Morgan fingerprint density at radius 1 is 1.04 bits per heavy atom. The van der Waals surface area contributed by atoms with E-state index in [-0.39, 0.29) is 18.4 Å². The molecular formula is C20H24N2O2. The molecule has 0 atom stereocenters. The van der Waals surface area contributed by atoms with E-state index >= 15 is 0 Å². The van der Waals surface area contributed by atoms with E-state index in [1.807, 2.05) is 43.3 Å². The highest BCUT2D eigenvalue weighted by molar-refractivity contribution is 5.99. The topological polar surface area (TPSA) is 58.2 Å². The number of hydrogen-bond acceptors (Lipinski definition) is 2. The Bertz CT molecular complexity index is 693. The maximum absolute atomic E-state index is 12.0. The highest BCUT2D eigenvalue weighted by Gasteiger charge is 2.08. The van der Waals surface area contributed by atoms with E-state index < -0.39 is 0 Å². The molecule has 4 nitrogen and oxygen atoms in total. The van der Waals surface area contributed by atoms with Crippen LogP contribution in [0.4, 0.5) is 5.69 Å². The van der Waals surface area contributed by atoms with E-state index in [0.29, 0.717) is 5.56 Å².